The fourth-order valence-corrected chi connectivity index (χ4v) is 1.64. The van der Waals surface area contributed by atoms with E-state index in [1.807, 2.05) is 13.0 Å². The molecule has 0 saturated heterocycles. The molecule has 2 rings (SSSR count). The van der Waals surface area contributed by atoms with Gasteiger partial charge < -0.3 is 16.6 Å². The van der Waals surface area contributed by atoms with E-state index in [1.54, 1.807) is 12.1 Å². The zero-order valence-corrected chi connectivity index (χ0v) is 9.68. The van der Waals surface area contributed by atoms with Crippen LogP contribution in [0, 0.1) is 18.3 Å². The van der Waals surface area contributed by atoms with Gasteiger partial charge in [0.15, 0.2) is 0 Å². The molecule has 0 aliphatic carbocycles. The minimum Gasteiger partial charge on any atom is -0.507 e. The number of benzene rings is 1. The maximum absolute atomic E-state index is 9.84. The third kappa shape index (κ3) is 1.89. The first-order valence-corrected chi connectivity index (χ1v) is 5.16. The number of hydrogen-bond acceptors (Lipinski definition) is 6. The van der Waals surface area contributed by atoms with Crippen molar-refractivity contribution in [3.8, 4) is 23.1 Å². The predicted octanol–water partition coefficient (Wildman–Crippen LogP) is 1.19. The molecule has 2 aromatic rings. The lowest BCUT2D eigenvalue weighted by molar-refractivity contribution is 0.477. The van der Waals surface area contributed by atoms with Gasteiger partial charge in [0.1, 0.15) is 23.2 Å². The molecule has 0 spiro atoms. The Labute approximate surface area is 104 Å². The Kier molecular flexibility index (Phi) is 2.73. The number of aromatic hydroxyl groups is 1. The molecule has 0 amide bonds. The van der Waals surface area contributed by atoms with Gasteiger partial charge in [-0.15, -0.1) is 0 Å². The number of phenolic OH excluding ortho intramolecular Hbond substituents is 1. The van der Waals surface area contributed by atoms with Crippen LogP contribution in [0.5, 0.6) is 5.75 Å². The highest BCUT2D eigenvalue weighted by Crippen LogP contribution is 2.32. The molecule has 0 aliphatic rings. The zero-order valence-electron chi connectivity index (χ0n) is 9.68. The summed E-state index contributed by atoms with van der Waals surface area (Å²) in [6, 6.07) is 6.90. The highest BCUT2D eigenvalue weighted by Gasteiger charge is 2.16. The molecule has 0 saturated carbocycles. The third-order valence-electron chi connectivity index (χ3n) is 2.47. The van der Waals surface area contributed by atoms with Crippen LogP contribution in [0.1, 0.15) is 11.1 Å². The topological polar surface area (TPSA) is 122 Å². The Morgan fingerprint density at radius 3 is 2.67 bits per heavy atom. The third-order valence-corrected chi connectivity index (χ3v) is 2.47. The molecule has 1 heterocycles. The molecular formula is C12H11N5O. The number of aromatic nitrogens is 2. The minimum absolute atomic E-state index is 0.000839. The van der Waals surface area contributed by atoms with Crippen LogP contribution in [0.25, 0.3) is 11.3 Å². The Morgan fingerprint density at radius 2 is 2.00 bits per heavy atom. The Balaban J connectivity index is 2.78. The highest BCUT2D eigenvalue weighted by atomic mass is 16.3. The SMILES string of the molecule is Cc1ccc(O)c(-c2nc(N)nc(N)c2C#N)c1. The summed E-state index contributed by atoms with van der Waals surface area (Å²) in [7, 11) is 0. The first-order chi connectivity index (χ1) is 8.52. The van der Waals surface area contributed by atoms with Gasteiger partial charge in [-0.1, -0.05) is 11.6 Å². The molecule has 1 aromatic heterocycles. The molecule has 18 heavy (non-hydrogen) atoms. The smallest absolute Gasteiger partial charge is 0.222 e. The average Bonchev–Trinajstić information content (AvgIpc) is 2.31. The summed E-state index contributed by atoms with van der Waals surface area (Å²) in [6.07, 6.45) is 0. The first-order valence-electron chi connectivity index (χ1n) is 5.16. The number of phenols is 1. The van der Waals surface area contributed by atoms with Crippen LogP contribution in [0.2, 0.25) is 0 Å². The van der Waals surface area contributed by atoms with Crippen LogP contribution < -0.4 is 11.5 Å². The number of anilines is 2. The van der Waals surface area contributed by atoms with Gasteiger partial charge in [-0.25, -0.2) is 4.98 Å². The van der Waals surface area contributed by atoms with Crippen molar-refractivity contribution in [2.24, 2.45) is 0 Å². The van der Waals surface area contributed by atoms with Crippen LogP contribution in [-0.2, 0) is 0 Å². The molecule has 1 aromatic carbocycles. The van der Waals surface area contributed by atoms with Crippen LogP contribution in [0.4, 0.5) is 11.8 Å². The van der Waals surface area contributed by atoms with E-state index in [4.69, 9.17) is 16.7 Å². The molecule has 0 fully saturated rings. The summed E-state index contributed by atoms with van der Waals surface area (Å²) in [5, 5.41) is 18.9. The standard InChI is InChI=1S/C12H11N5O/c1-6-2-3-9(18)7(4-6)10-8(5-13)11(14)17-12(15)16-10/h2-4,18H,1H3,(H4,14,15,16,17). The van der Waals surface area contributed by atoms with Crippen molar-refractivity contribution in [1.82, 2.24) is 9.97 Å². The van der Waals surface area contributed by atoms with Crippen LogP contribution in [0.15, 0.2) is 18.2 Å². The van der Waals surface area contributed by atoms with E-state index < -0.39 is 0 Å². The van der Waals surface area contributed by atoms with Gasteiger partial charge in [0, 0.05) is 5.56 Å². The molecule has 6 nitrogen and oxygen atoms in total. The second-order valence-corrected chi connectivity index (χ2v) is 3.82. The lowest BCUT2D eigenvalue weighted by Gasteiger charge is -2.09. The summed E-state index contributed by atoms with van der Waals surface area (Å²) in [5.41, 5.74) is 12.8. The maximum Gasteiger partial charge on any atom is 0.222 e. The molecule has 0 radical (unpaired) electrons. The van der Waals surface area contributed by atoms with E-state index >= 15 is 0 Å². The number of nitrogen functional groups attached to an aromatic ring is 2. The van der Waals surface area contributed by atoms with E-state index in [0.29, 0.717) is 5.56 Å². The van der Waals surface area contributed by atoms with E-state index in [0.717, 1.165) is 5.56 Å². The molecule has 90 valence electrons. The summed E-state index contributed by atoms with van der Waals surface area (Å²) in [5.74, 6) is -0.0297. The quantitative estimate of drug-likeness (QED) is 0.689. The monoisotopic (exact) mass is 241 g/mol. The number of nitrogens with zero attached hydrogens (tertiary/aromatic N) is 3. The summed E-state index contributed by atoms with van der Waals surface area (Å²) in [6.45, 7) is 1.86. The van der Waals surface area contributed by atoms with Crippen molar-refractivity contribution in [3.63, 3.8) is 0 Å². The van der Waals surface area contributed by atoms with Crippen molar-refractivity contribution >= 4 is 11.8 Å². The number of rotatable bonds is 1. The summed E-state index contributed by atoms with van der Waals surface area (Å²) in [4.78, 5) is 7.70. The molecule has 5 N–H and O–H groups in total. The van der Waals surface area contributed by atoms with Crippen molar-refractivity contribution in [1.29, 1.82) is 5.26 Å². The van der Waals surface area contributed by atoms with Crippen LogP contribution in [-0.4, -0.2) is 15.1 Å². The van der Waals surface area contributed by atoms with E-state index in [-0.39, 0.29) is 28.8 Å². The molecule has 0 unspecified atom stereocenters. The number of aryl methyl sites for hydroxylation is 1. The number of nitriles is 1. The van der Waals surface area contributed by atoms with Gasteiger partial charge in [-0.05, 0) is 19.1 Å². The summed E-state index contributed by atoms with van der Waals surface area (Å²) >= 11 is 0. The fourth-order valence-electron chi connectivity index (χ4n) is 1.64. The molecule has 6 heteroatoms. The van der Waals surface area contributed by atoms with Gasteiger partial charge in [0.25, 0.3) is 0 Å². The van der Waals surface area contributed by atoms with Crippen LogP contribution >= 0.6 is 0 Å². The minimum atomic E-state index is -0.0394. The van der Waals surface area contributed by atoms with E-state index in [1.165, 1.54) is 6.07 Å². The maximum atomic E-state index is 9.84. The Hall–Kier alpha value is -2.81. The first kappa shape index (κ1) is 11.7. The lowest BCUT2D eigenvalue weighted by Crippen LogP contribution is -2.05. The van der Waals surface area contributed by atoms with E-state index in [9.17, 15) is 5.11 Å². The second kappa shape index (κ2) is 4.22. The van der Waals surface area contributed by atoms with Gasteiger partial charge in [0.05, 0.1) is 5.69 Å². The molecule has 0 aliphatic heterocycles. The Morgan fingerprint density at radius 1 is 1.28 bits per heavy atom. The van der Waals surface area contributed by atoms with Crippen molar-refractivity contribution < 1.29 is 5.11 Å². The van der Waals surface area contributed by atoms with Gasteiger partial charge >= 0.3 is 0 Å². The fraction of sp³-hybridized carbons (Fsp3) is 0.0833. The normalized spacial score (nSPS) is 10.0. The summed E-state index contributed by atoms with van der Waals surface area (Å²) < 4.78 is 0. The number of nitrogens with two attached hydrogens (primary N) is 2. The van der Waals surface area contributed by atoms with Crippen LogP contribution in [0.3, 0.4) is 0 Å². The van der Waals surface area contributed by atoms with Crippen molar-refractivity contribution in [2.45, 2.75) is 6.92 Å². The Bertz CT molecular complexity index is 660. The van der Waals surface area contributed by atoms with E-state index in [2.05, 4.69) is 9.97 Å². The molecule has 0 atom stereocenters. The van der Waals surface area contributed by atoms with Gasteiger partial charge in [-0.3, -0.25) is 0 Å². The van der Waals surface area contributed by atoms with Crippen molar-refractivity contribution in [2.75, 3.05) is 11.5 Å². The van der Waals surface area contributed by atoms with Gasteiger partial charge in [-0.2, -0.15) is 10.2 Å². The molecular weight excluding hydrogens is 230 g/mol. The van der Waals surface area contributed by atoms with Gasteiger partial charge in [0.2, 0.25) is 5.95 Å². The second-order valence-electron chi connectivity index (χ2n) is 3.82. The number of hydrogen-bond donors (Lipinski definition) is 3. The van der Waals surface area contributed by atoms with Crippen molar-refractivity contribution in [3.05, 3.63) is 29.3 Å². The lowest BCUT2D eigenvalue weighted by atomic mass is 10.0. The largest absolute Gasteiger partial charge is 0.507 e. The zero-order chi connectivity index (χ0) is 13.3. The molecule has 0 bridgehead atoms. The predicted molar refractivity (Wildman–Crippen MR) is 67.4 cm³/mol. The average molecular weight is 241 g/mol. The highest BCUT2D eigenvalue weighted by molar-refractivity contribution is 5.77.